The maximum absolute atomic E-state index is 11.2. The van der Waals surface area contributed by atoms with Crippen molar-refractivity contribution < 1.29 is 8.39 Å². The molecule has 0 aliphatic carbocycles. The molecule has 0 aromatic heterocycles. The van der Waals surface area contributed by atoms with E-state index in [-0.39, 0.29) is 0 Å². The van der Waals surface area contributed by atoms with Crippen molar-refractivity contribution in [3.05, 3.63) is 28.7 Å². The Morgan fingerprint density at radius 3 is 2.50 bits per heavy atom. The van der Waals surface area contributed by atoms with Crippen LogP contribution in [0.4, 0.5) is 0 Å². The summed E-state index contributed by atoms with van der Waals surface area (Å²) in [5.74, 6) is 0. The van der Waals surface area contributed by atoms with Gasteiger partial charge in [-0.25, -0.2) is 4.21 Å². The van der Waals surface area contributed by atoms with Crippen LogP contribution in [0.5, 0.6) is 0 Å². The average Bonchev–Trinajstić information content (AvgIpc) is 2.06. The molecular formula is C8H9BrO2S. The second-order valence-corrected chi connectivity index (χ2v) is 4.19. The van der Waals surface area contributed by atoms with Crippen LogP contribution in [0.25, 0.3) is 0 Å². The second kappa shape index (κ2) is 4.74. The molecule has 0 amide bonds. The maximum atomic E-state index is 11.2. The summed E-state index contributed by atoms with van der Waals surface area (Å²) in [6, 6.07) is 7.23. The van der Waals surface area contributed by atoms with Crippen LogP contribution in [0.2, 0.25) is 0 Å². The van der Waals surface area contributed by atoms with Gasteiger partial charge in [-0.3, -0.25) is 4.18 Å². The average molecular weight is 249 g/mol. The molecule has 0 aliphatic heterocycles. The summed E-state index contributed by atoms with van der Waals surface area (Å²) in [5.41, 5.74) is 0. The van der Waals surface area contributed by atoms with E-state index in [1.807, 2.05) is 19.1 Å². The van der Waals surface area contributed by atoms with Gasteiger partial charge in [0.2, 0.25) is 0 Å². The van der Waals surface area contributed by atoms with Gasteiger partial charge in [0.05, 0.1) is 11.5 Å². The predicted octanol–water partition coefficient (Wildman–Crippen LogP) is 2.51. The minimum Gasteiger partial charge on any atom is -0.287 e. The summed E-state index contributed by atoms with van der Waals surface area (Å²) in [7, 11) is 0. The number of halogens is 1. The Bertz CT molecular complexity index is 271. The molecule has 0 heterocycles. The zero-order valence-electron chi connectivity index (χ0n) is 6.62. The molecule has 1 aromatic carbocycles. The lowest BCUT2D eigenvalue weighted by Crippen LogP contribution is -1.96. The zero-order chi connectivity index (χ0) is 8.97. The fraction of sp³-hybridized carbons (Fsp3) is 0.250. The van der Waals surface area contributed by atoms with Crippen LogP contribution in [0.3, 0.4) is 0 Å². The van der Waals surface area contributed by atoms with Crippen molar-refractivity contribution in [2.24, 2.45) is 0 Å². The molecule has 1 unspecified atom stereocenters. The van der Waals surface area contributed by atoms with E-state index in [1.165, 1.54) is 0 Å². The number of rotatable bonds is 3. The molecular weight excluding hydrogens is 240 g/mol. The summed E-state index contributed by atoms with van der Waals surface area (Å²) in [5, 5.41) is 0. The van der Waals surface area contributed by atoms with Crippen molar-refractivity contribution in [3.8, 4) is 0 Å². The second-order valence-electron chi connectivity index (χ2n) is 2.10. The topological polar surface area (TPSA) is 26.3 Å². The lowest BCUT2D eigenvalue weighted by molar-refractivity contribution is 0.371. The van der Waals surface area contributed by atoms with E-state index in [2.05, 4.69) is 15.9 Å². The van der Waals surface area contributed by atoms with Crippen LogP contribution in [0.15, 0.2) is 33.6 Å². The highest BCUT2D eigenvalue weighted by Crippen LogP contribution is 2.13. The molecule has 0 spiro atoms. The number of hydrogen-bond donors (Lipinski definition) is 0. The molecule has 12 heavy (non-hydrogen) atoms. The van der Waals surface area contributed by atoms with E-state index >= 15 is 0 Å². The Balaban J connectivity index is 2.75. The van der Waals surface area contributed by atoms with Crippen molar-refractivity contribution in [1.82, 2.24) is 0 Å². The van der Waals surface area contributed by atoms with E-state index in [4.69, 9.17) is 4.18 Å². The van der Waals surface area contributed by atoms with E-state index in [0.717, 1.165) is 4.47 Å². The third-order valence-corrected chi connectivity index (χ3v) is 2.87. The Kier molecular flexibility index (Phi) is 3.91. The zero-order valence-corrected chi connectivity index (χ0v) is 9.02. The highest BCUT2D eigenvalue weighted by atomic mass is 79.9. The molecule has 66 valence electrons. The van der Waals surface area contributed by atoms with Crippen molar-refractivity contribution >= 4 is 27.0 Å². The third-order valence-electron chi connectivity index (χ3n) is 1.23. The Hall–Kier alpha value is -0.190. The number of benzene rings is 1. The summed E-state index contributed by atoms with van der Waals surface area (Å²) in [6.45, 7) is 2.28. The van der Waals surface area contributed by atoms with Crippen LogP contribution < -0.4 is 0 Å². The molecule has 0 saturated heterocycles. The fourth-order valence-corrected chi connectivity index (χ4v) is 1.69. The first-order valence-corrected chi connectivity index (χ1v) is 5.41. The highest BCUT2D eigenvalue weighted by molar-refractivity contribution is 9.10. The molecule has 0 N–H and O–H groups in total. The third kappa shape index (κ3) is 2.69. The lowest BCUT2D eigenvalue weighted by Gasteiger charge is -1.99. The smallest absolute Gasteiger partial charge is 0.189 e. The van der Waals surface area contributed by atoms with Gasteiger partial charge in [0.1, 0.15) is 0 Å². The Labute approximate surface area is 82.7 Å². The van der Waals surface area contributed by atoms with Crippen molar-refractivity contribution in [2.45, 2.75) is 11.8 Å². The largest absolute Gasteiger partial charge is 0.287 e. The first-order valence-electron chi connectivity index (χ1n) is 3.54. The van der Waals surface area contributed by atoms with E-state index in [9.17, 15) is 4.21 Å². The lowest BCUT2D eigenvalue weighted by atomic mass is 10.4. The highest BCUT2D eigenvalue weighted by Gasteiger charge is 2.01. The molecule has 0 bridgehead atoms. The maximum Gasteiger partial charge on any atom is 0.189 e. The molecule has 0 fully saturated rings. The molecule has 0 saturated carbocycles. The molecule has 0 aliphatic rings. The quantitative estimate of drug-likeness (QED) is 0.822. The molecule has 1 rings (SSSR count). The first-order chi connectivity index (χ1) is 5.74. The molecule has 1 aromatic rings. The van der Waals surface area contributed by atoms with Gasteiger partial charge in [-0.2, -0.15) is 0 Å². The standard InChI is InChI=1S/C8H9BrO2S/c1-2-11-12(10)8-5-3-7(9)4-6-8/h3-6H,2H2,1H3. The van der Waals surface area contributed by atoms with Gasteiger partial charge < -0.3 is 0 Å². The van der Waals surface area contributed by atoms with Crippen LogP contribution in [-0.2, 0) is 15.3 Å². The van der Waals surface area contributed by atoms with E-state index in [0.29, 0.717) is 11.5 Å². The monoisotopic (exact) mass is 248 g/mol. The van der Waals surface area contributed by atoms with Gasteiger partial charge in [0.25, 0.3) is 0 Å². The predicted molar refractivity (Wildman–Crippen MR) is 52.2 cm³/mol. The van der Waals surface area contributed by atoms with Crippen molar-refractivity contribution in [1.29, 1.82) is 0 Å². The SMILES string of the molecule is CCOS(=O)c1ccc(Br)cc1. The van der Waals surface area contributed by atoms with Gasteiger partial charge >= 0.3 is 0 Å². The van der Waals surface area contributed by atoms with Gasteiger partial charge in [-0.15, -0.1) is 0 Å². The molecule has 2 nitrogen and oxygen atoms in total. The van der Waals surface area contributed by atoms with Crippen molar-refractivity contribution in [2.75, 3.05) is 6.61 Å². The van der Waals surface area contributed by atoms with E-state index in [1.54, 1.807) is 12.1 Å². The summed E-state index contributed by atoms with van der Waals surface area (Å²) in [4.78, 5) is 0.694. The van der Waals surface area contributed by atoms with Crippen LogP contribution in [0.1, 0.15) is 6.92 Å². The van der Waals surface area contributed by atoms with Gasteiger partial charge in [-0.05, 0) is 31.2 Å². The summed E-state index contributed by atoms with van der Waals surface area (Å²) in [6.07, 6.45) is 0. The Morgan fingerprint density at radius 2 is 2.00 bits per heavy atom. The summed E-state index contributed by atoms with van der Waals surface area (Å²) >= 11 is 1.98. The van der Waals surface area contributed by atoms with Crippen LogP contribution in [-0.4, -0.2) is 10.8 Å². The summed E-state index contributed by atoms with van der Waals surface area (Å²) < 4.78 is 17.1. The fourth-order valence-electron chi connectivity index (χ4n) is 0.721. The van der Waals surface area contributed by atoms with Crippen LogP contribution >= 0.6 is 15.9 Å². The molecule has 4 heteroatoms. The first kappa shape index (κ1) is 9.89. The molecule has 1 atom stereocenters. The molecule has 0 radical (unpaired) electrons. The number of hydrogen-bond acceptors (Lipinski definition) is 2. The van der Waals surface area contributed by atoms with E-state index < -0.39 is 11.1 Å². The normalized spacial score (nSPS) is 12.8. The minimum atomic E-state index is -1.31. The van der Waals surface area contributed by atoms with Gasteiger partial charge in [0.15, 0.2) is 11.1 Å². The van der Waals surface area contributed by atoms with Gasteiger partial charge in [-0.1, -0.05) is 15.9 Å². The van der Waals surface area contributed by atoms with Crippen molar-refractivity contribution in [3.63, 3.8) is 0 Å². The minimum absolute atomic E-state index is 0.461. The van der Waals surface area contributed by atoms with Crippen LogP contribution in [0, 0.1) is 0 Å². The van der Waals surface area contributed by atoms with Gasteiger partial charge in [0, 0.05) is 4.47 Å². The Morgan fingerprint density at radius 1 is 1.42 bits per heavy atom.